The number of nitrogens with one attached hydrogen (secondary N) is 2. The van der Waals surface area contributed by atoms with Crippen molar-refractivity contribution < 1.29 is 8.78 Å². The zero-order valence-corrected chi connectivity index (χ0v) is 9.74. The quantitative estimate of drug-likeness (QED) is 0.874. The van der Waals surface area contributed by atoms with Crippen LogP contribution >= 0.6 is 0 Å². The van der Waals surface area contributed by atoms with Crippen molar-refractivity contribution in [3.05, 3.63) is 47.8 Å². The number of nitrogens with zero attached hydrogens (tertiary/aromatic N) is 2. The first-order chi connectivity index (χ1) is 8.70. The van der Waals surface area contributed by atoms with Gasteiger partial charge in [-0.1, -0.05) is 6.07 Å². The fraction of sp³-hybridized carbons (Fsp3) is 0.167. The normalized spacial score (nSPS) is 10.2. The van der Waals surface area contributed by atoms with Gasteiger partial charge in [-0.2, -0.15) is 0 Å². The Morgan fingerprint density at radius 1 is 1.17 bits per heavy atom. The second-order valence-corrected chi connectivity index (χ2v) is 3.57. The number of pyridine rings is 2. The van der Waals surface area contributed by atoms with Crippen LogP contribution in [0, 0.1) is 11.6 Å². The van der Waals surface area contributed by atoms with E-state index in [4.69, 9.17) is 0 Å². The highest BCUT2D eigenvalue weighted by Crippen LogP contribution is 2.18. The molecule has 0 unspecified atom stereocenters. The molecule has 0 atom stereocenters. The van der Waals surface area contributed by atoms with Crippen molar-refractivity contribution in [2.75, 3.05) is 17.7 Å². The molecular formula is C12H12F2N4. The van der Waals surface area contributed by atoms with E-state index in [0.29, 0.717) is 6.54 Å². The molecule has 0 saturated heterocycles. The molecule has 94 valence electrons. The predicted molar refractivity (Wildman–Crippen MR) is 65.3 cm³/mol. The number of hydrogen-bond acceptors (Lipinski definition) is 4. The van der Waals surface area contributed by atoms with Gasteiger partial charge in [-0.25, -0.2) is 13.8 Å². The van der Waals surface area contributed by atoms with Gasteiger partial charge in [0.05, 0.1) is 12.2 Å². The van der Waals surface area contributed by atoms with Gasteiger partial charge in [0.2, 0.25) is 0 Å². The lowest BCUT2D eigenvalue weighted by Gasteiger charge is -2.09. The monoisotopic (exact) mass is 250 g/mol. The molecule has 0 aliphatic rings. The van der Waals surface area contributed by atoms with Gasteiger partial charge in [-0.3, -0.25) is 4.98 Å². The summed E-state index contributed by atoms with van der Waals surface area (Å²) in [5.41, 5.74) is 0.744. The summed E-state index contributed by atoms with van der Waals surface area (Å²) in [7, 11) is 1.52. The van der Waals surface area contributed by atoms with Crippen molar-refractivity contribution in [1.29, 1.82) is 0 Å². The molecule has 0 radical (unpaired) electrons. The molecule has 2 aromatic heterocycles. The second kappa shape index (κ2) is 5.39. The van der Waals surface area contributed by atoms with Gasteiger partial charge >= 0.3 is 0 Å². The summed E-state index contributed by atoms with van der Waals surface area (Å²) in [6.07, 6.45) is 1.64. The van der Waals surface area contributed by atoms with Crippen LogP contribution < -0.4 is 10.6 Å². The molecule has 0 spiro atoms. The predicted octanol–water partition coefficient (Wildman–Crippen LogP) is 2.41. The van der Waals surface area contributed by atoms with Gasteiger partial charge in [0.25, 0.3) is 0 Å². The molecule has 2 rings (SSSR count). The van der Waals surface area contributed by atoms with Gasteiger partial charge in [0.15, 0.2) is 23.3 Å². The average Bonchev–Trinajstić information content (AvgIpc) is 2.39. The van der Waals surface area contributed by atoms with Gasteiger partial charge in [0.1, 0.15) is 0 Å². The Bertz CT molecular complexity index is 531. The van der Waals surface area contributed by atoms with Gasteiger partial charge in [0, 0.05) is 19.3 Å². The van der Waals surface area contributed by atoms with E-state index in [2.05, 4.69) is 20.6 Å². The number of hydrogen-bond donors (Lipinski definition) is 2. The van der Waals surface area contributed by atoms with Crippen LogP contribution in [0.2, 0.25) is 0 Å². The maximum Gasteiger partial charge on any atom is 0.168 e. The van der Waals surface area contributed by atoms with E-state index in [-0.39, 0.29) is 11.6 Å². The Kier molecular flexibility index (Phi) is 3.66. The van der Waals surface area contributed by atoms with E-state index < -0.39 is 11.6 Å². The van der Waals surface area contributed by atoms with Crippen molar-refractivity contribution in [3.8, 4) is 0 Å². The molecule has 0 aliphatic heterocycles. The Morgan fingerprint density at radius 2 is 1.94 bits per heavy atom. The van der Waals surface area contributed by atoms with Crippen molar-refractivity contribution in [1.82, 2.24) is 9.97 Å². The Hall–Kier alpha value is -2.24. The van der Waals surface area contributed by atoms with Crippen molar-refractivity contribution in [3.63, 3.8) is 0 Å². The standard InChI is InChI=1S/C12H12F2N4/c1-15-11-9(13)6-10(14)12(18-11)17-7-8-4-2-3-5-16-8/h2-6H,7H2,1H3,(H2,15,17,18). The average molecular weight is 250 g/mol. The minimum atomic E-state index is -0.734. The molecule has 0 aliphatic carbocycles. The fourth-order valence-electron chi connectivity index (χ4n) is 1.44. The number of rotatable bonds is 4. The maximum absolute atomic E-state index is 13.5. The van der Waals surface area contributed by atoms with E-state index in [1.807, 2.05) is 6.07 Å². The van der Waals surface area contributed by atoms with E-state index in [1.54, 1.807) is 18.3 Å². The Morgan fingerprint density at radius 3 is 2.61 bits per heavy atom. The minimum absolute atomic E-state index is 0.0000733. The van der Waals surface area contributed by atoms with E-state index in [1.165, 1.54) is 7.05 Å². The molecule has 6 heteroatoms. The smallest absolute Gasteiger partial charge is 0.168 e. The first kappa shape index (κ1) is 12.2. The first-order valence-electron chi connectivity index (χ1n) is 5.38. The summed E-state index contributed by atoms with van der Waals surface area (Å²) in [6.45, 7) is 0.319. The zero-order chi connectivity index (χ0) is 13.0. The molecule has 2 heterocycles. The summed E-state index contributed by atoms with van der Waals surface area (Å²) in [4.78, 5) is 7.89. The van der Waals surface area contributed by atoms with E-state index >= 15 is 0 Å². The molecular weight excluding hydrogens is 238 g/mol. The molecule has 2 N–H and O–H groups in total. The fourth-order valence-corrected chi connectivity index (χ4v) is 1.44. The SMILES string of the molecule is CNc1nc(NCc2ccccn2)c(F)cc1F. The van der Waals surface area contributed by atoms with Crippen LogP contribution in [0.1, 0.15) is 5.69 Å². The second-order valence-electron chi connectivity index (χ2n) is 3.57. The highest BCUT2D eigenvalue weighted by molar-refractivity contribution is 5.47. The van der Waals surface area contributed by atoms with E-state index in [9.17, 15) is 8.78 Å². The third-order valence-corrected chi connectivity index (χ3v) is 2.33. The van der Waals surface area contributed by atoms with Gasteiger partial charge < -0.3 is 10.6 Å². The minimum Gasteiger partial charge on any atom is -0.371 e. The lowest BCUT2D eigenvalue weighted by atomic mass is 10.3. The zero-order valence-electron chi connectivity index (χ0n) is 9.74. The summed E-state index contributed by atoms with van der Waals surface area (Å²) in [5.74, 6) is -1.47. The van der Waals surface area contributed by atoms with Gasteiger partial charge in [-0.05, 0) is 12.1 Å². The van der Waals surface area contributed by atoms with Crippen molar-refractivity contribution in [2.45, 2.75) is 6.54 Å². The van der Waals surface area contributed by atoms with E-state index in [0.717, 1.165) is 11.8 Å². The summed E-state index contributed by atoms with van der Waals surface area (Å²) >= 11 is 0. The Balaban J connectivity index is 2.14. The number of halogens is 2. The molecule has 4 nitrogen and oxygen atoms in total. The van der Waals surface area contributed by atoms with Crippen LogP contribution in [0.3, 0.4) is 0 Å². The number of anilines is 2. The van der Waals surface area contributed by atoms with Crippen LogP contribution in [-0.4, -0.2) is 17.0 Å². The van der Waals surface area contributed by atoms with Crippen LogP contribution in [0.25, 0.3) is 0 Å². The molecule has 0 bridgehead atoms. The third-order valence-electron chi connectivity index (χ3n) is 2.33. The van der Waals surface area contributed by atoms with Crippen LogP contribution in [-0.2, 0) is 6.54 Å². The van der Waals surface area contributed by atoms with Gasteiger partial charge in [-0.15, -0.1) is 0 Å². The number of aromatic nitrogens is 2. The molecule has 2 aromatic rings. The summed E-state index contributed by atoms with van der Waals surface area (Å²) in [6, 6.07) is 6.21. The first-order valence-corrected chi connectivity index (χ1v) is 5.38. The Labute approximate surface area is 103 Å². The van der Waals surface area contributed by atoms with Crippen LogP contribution in [0.5, 0.6) is 0 Å². The molecule has 0 saturated carbocycles. The highest BCUT2D eigenvalue weighted by Gasteiger charge is 2.10. The topological polar surface area (TPSA) is 49.8 Å². The molecule has 0 aromatic carbocycles. The third kappa shape index (κ3) is 2.71. The lowest BCUT2D eigenvalue weighted by Crippen LogP contribution is -2.07. The van der Waals surface area contributed by atoms with Crippen molar-refractivity contribution >= 4 is 11.6 Å². The molecule has 0 fully saturated rings. The van der Waals surface area contributed by atoms with Crippen LogP contribution in [0.4, 0.5) is 20.4 Å². The summed E-state index contributed by atoms with van der Waals surface area (Å²) < 4.78 is 26.6. The maximum atomic E-state index is 13.5. The lowest BCUT2D eigenvalue weighted by molar-refractivity contribution is 0.578. The summed E-state index contributed by atoms with van der Waals surface area (Å²) in [5, 5.41) is 5.33. The largest absolute Gasteiger partial charge is 0.371 e. The van der Waals surface area contributed by atoms with Crippen molar-refractivity contribution in [2.24, 2.45) is 0 Å². The molecule has 18 heavy (non-hydrogen) atoms. The van der Waals surface area contributed by atoms with Crippen LogP contribution in [0.15, 0.2) is 30.5 Å². The molecule has 0 amide bonds. The highest BCUT2D eigenvalue weighted by atomic mass is 19.1.